The highest BCUT2D eigenvalue weighted by atomic mass is 35.5. The Morgan fingerprint density at radius 1 is 1.00 bits per heavy atom. The van der Waals surface area contributed by atoms with Crippen molar-refractivity contribution in [2.75, 3.05) is 46.4 Å². The smallest absolute Gasteiger partial charge is 0.258 e. The van der Waals surface area contributed by atoms with Crippen molar-refractivity contribution < 1.29 is 9.53 Å². The van der Waals surface area contributed by atoms with Crippen molar-refractivity contribution in [1.29, 1.82) is 0 Å². The van der Waals surface area contributed by atoms with Crippen molar-refractivity contribution in [3.8, 4) is 5.75 Å². The molecule has 5 nitrogen and oxygen atoms in total. The second-order valence-corrected chi connectivity index (χ2v) is 8.66. The molecule has 3 rings (SSSR count). The first-order valence-electron chi connectivity index (χ1n) is 10.6. The fraction of sp³-hybridized carbons (Fsp3) is 0.458. The van der Waals surface area contributed by atoms with Gasteiger partial charge in [0.05, 0.1) is 6.04 Å². The van der Waals surface area contributed by atoms with Crippen molar-refractivity contribution in [1.82, 2.24) is 15.1 Å². The topological polar surface area (TPSA) is 44.8 Å². The number of hydrogen-bond donors (Lipinski definition) is 1. The number of carbonyl (C=O) groups is 1. The molecule has 2 aromatic rings. The number of rotatable bonds is 8. The second-order valence-electron chi connectivity index (χ2n) is 8.22. The third kappa shape index (κ3) is 6.46. The van der Waals surface area contributed by atoms with Crippen LogP contribution in [0.4, 0.5) is 0 Å². The molecule has 1 atom stereocenters. The van der Waals surface area contributed by atoms with Crippen molar-refractivity contribution in [2.45, 2.75) is 25.8 Å². The average Bonchev–Trinajstić information content (AvgIpc) is 2.75. The molecule has 2 aromatic carbocycles. The van der Waals surface area contributed by atoms with Gasteiger partial charge in [-0.25, -0.2) is 0 Å². The number of nitrogens with zero attached hydrogens (tertiary/aromatic N) is 2. The maximum atomic E-state index is 12.4. The van der Waals surface area contributed by atoms with E-state index in [-0.39, 0.29) is 18.6 Å². The lowest BCUT2D eigenvalue weighted by Gasteiger charge is -2.38. The van der Waals surface area contributed by atoms with Crippen LogP contribution in [0.2, 0.25) is 5.02 Å². The standard InChI is InChI=1S/C24H32ClN3O2/c1-18(2)19-6-10-22(11-7-19)30-17-24(29)26-16-23(20-4-8-21(25)9-5-20)28-14-12-27(3)13-15-28/h4-11,18,23H,12-17H2,1-3H3,(H,26,29)/t23-/m1/s1. The largest absolute Gasteiger partial charge is 0.484 e. The summed E-state index contributed by atoms with van der Waals surface area (Å²) in [6.07, 6.45) is 0. The van der Waals surface area contributed by atoms with Gasteiger partial charge in [0.2, 0.25) is 0 Å². The van der Waals surface area contributed by atoms with Gasteiger partial charge in [0.1, 0.15) is 5.75 Å². The van der Waals surface area contributed by atoms with Gasteiger partial charge < -0.3 is 15.0 Å². The zero-order valence-electron chi connectivity index (χ0n) is 18.1. The van der Waals surface area contributed by atoms with Crippen LogP contribution in [0.3, 0.4) is 0 Å². The summed E-state index contributed by atoms with van der Waals surface area (Å²) in [4.78, 5) is 17.2. The molecule has 0 radical (unpaired) electrons. The van der Waals surface area contributed by atoms with Crippen LogP contribution in [0.25, 0.3) is 0 Å². The summed E-state index contributed by atoms with van der Waals surface area (Å²) in [5.41, 5.74) is 2.42. The second kappa shape index (κ2) is 10.8. The molecule has 1 saturated heterocycles. The molecule has 1 fully saturated rings. The summed E-state index contributed by atoms with van der Waals surface area (Å²) in [6.45, 7) is 8.84. The minimum atomic E-state index is -0.115. The number of likely N-dealkylation sites (N-methyl/N-ethyl adjacent to an activating group) is 1. The molecule has 0 unspecified atom stereocenters. The minimum absolute atomic E-state index is 0.0110. The molecule has 6 heteroatoms. The van der Waals surface area contributed by atoms with E-state index in [0.717, 1.165) is 36.8 Å². The van der Waals surface area contributed by atoms with Gasteiger partial charge in [0.15, 0.2) is 6.61 Å². The van der Waals surface area contributed by atoms with E-state index in [0.29, 0.717) is 18.2 Å². The summed E-state index contributed by atoms with van der Waals surface area (Å²) < 4.78 is 5.67. The molecule has 1 aliphatic heterocycles. The number of carbonyl (C=O) groups excluding carboxylic acids is 1. The quantitative estimate of drug-likeness (QED) is 0.690. The van der Waals surface area contributed by atoms with Crippen LogP contribution in [0.1, 0.15) is 36.9 Å². The first kappa shape index (κ1) is 22.6. The van der Waals surface area contributed by atoms with Gasteiger partial charge in [-0.3, -0.25) is 9.69 Å². The lowest BCUT2D eigenvalue weighted by atomic mass is 10.0. The molecular formula is C24H32ClN3O2. The molecule has 0 aliphatic carbocycles. The predicted octanol–water partition coefficient (Wildman–Crippen LogP) is 3.95. The van der Waals surface area contributed by atoms with Gasteiger partial charge in [-0.05, 0) is 48.4 Å². The highest BCUT2D eigenvalue weighted by Gasteiger charge is 2.24. The molecule has 30 heavy (non-hydrogen) atoms. The van der Waals surface area contributed by atoms with E-state index in [1.807, 2.05) is 48.5 Å². The van der Waals surface area contributed by atoms with E-state index in [4.69, 9.17) is 16.3 Å². The molecule has 1 aliphatic rings. The summed E-state index contributed by atoms with van der Waals surface area (Å²) in [5, 5.41) is 3.77. The fourth-order valence-corrected chi connectivity index (χ4v) is 3.76. The maximum Gasteiger partial charge on any atom is 0.258 e. The lowest BCUT2D eigenvalue weighted by Crippen LogP contribution is -2.48. The molecule has 1 heterocycles. The van der Waals surface area contributed by atoms with Crippen LogP contribution < -0.4 is 10.1 Å². The van der Waals surface area contributed by atoms with Crippen LogP contribution in [-0.2, 0) is 4.79 Å². The Hall–Kier alpha value is -2.08. The van der Waals surface area contributed by atoms with E-state index < -0.39 is 0 Å². The van der Waals surface area contributed by atoms with E-state index in [9.17, 15) is 4.79 Å². The van der Waals surface area contributed by atoms with Gasteiger partial charge in [0.25, 0.3) is 5.91 Å². The summed E-state index contributed by atoms with van der Waals surface area (Å²) in [7, 11) is 2.14. The number of hydrogen-bond acceptors (Lipinski definition) is 4. The number of halogens is 1. The molecule has 0 spiro atoms. The van der Waals surface area contributed by atoms with Crippen LogP contribution in [0, 0.1) is 0 Å². The Morgan fingerprint density at radius 2 is 1.60 bits per heavy atom. The van der Waals surface area contributed by atoms with Gasteiger partial charge in [0, 0.05) is 37.7 Å². The highest BCUT2D eigenvalue weighted by molar-refractivity contribution is 6.30. The first-order chi connectivity index (χ1) is 14.4. The van der Waals surface area contributed by atoms with Gasteiger partial charge in [-0.1, -0.05) is 49.7 Å². The SMILES string of the molecule is CC(C)c1ccc(OCC(=O)NC[C@H](c2ccc(Cl)cc2)N2CCN(C)CC2)cc1. The van der Waals surface area contributed by atoms with Crippen LogP contribution in [0.5, 0.6) is 5.75 Å². The maximum absolute atomic E-state index is 12.4. The Bertz CT molecular complexity index is 800. The average molecular weight is 430 g/mol. The van der Waals surface area contributed by atoms with E-state index in [1.54, 1.807) is 0 Å². The predicted molar refractivity (Wildman–Crippen MR) is 122 cm³/mol. The monoisotopic (exact) mass is 429 g/mol. The number of nitrogens with one attached hydrogen (secondary N) is 1. The summed E-state index contributed by atoms with van der Waals surface area (Å²) in [5.74, 6) is 1.07. The number of benzene rings is 2. The number of piperazine rings is 1. The molecule has 0 saturated carbocycles. The Balaban J connectivity index is 1.56. The van der Waals surface area contributed by atoms with E-state index in [2.05, 4.69) is 36.0 Å². The number of amides is 1. The first-order valence-corrected chi connectivity index (χ1v) is 11.0. The molecular weight excluding hydrogens is 398 g/mol. The van der Waals surface area contributed by atoms with Crippen LogP contribution >= 0.6 is 11.6 Å². The van der Waals surface area contributed by atoms with Crippen molar-refractivity contribution in [2.24, 2.45) is 0 Å². The third-order valence-electron chi connectivity index (χ3n) is 5.64. The minimum Gasteiger partial charge on any atom is -0.484 e. The van der Waals surface area contributed by atoms with Crippen molar-refractivity contribution in [3.63, 3.8) is 0 Å². The van der Waals surface area contributed by atoms with E-state index >= 15 is 0 Å². The van der Waals surface area contributed by atoms with Gasteiger partial charge in [-0.15, -0.1) is 0 Å². The van der Waals surface area contributed by atoms with E-state index in [1.165, 1.54) is 5.56 Å². The van der Waals surface area contributed by atoms with Crippen LogP contribution in [0.15, 0.2) is 48.5 Å². The molecule has 0 aromatic heterocycles. The Morgan fingerprint density at radius 3 is 2.20 bits per heavy atom. The molecule has 1 N–H and O–H groups in total. The lowest BCUT2D eigenvalue weighted by molar-refractivity contribution is -0.123. The summed E-state index contributed by atoms with van der Waals surface area (Å²) >= 11 is 6.07. The van der Waals surface area contributed by atoms with Crippen molar-refractivity contribution in [3.05, 3.63) is 64.7 Å². The normalized spacial score (nSPS) is 16.4. The highest BCUT2D eigenvalue weighted by Crippen LogP contribution is 2.23. The Kier molecular flexibility index (Phi) is 8.14. The van der Waals surface area contributed by atoms with Gasteiger partial charge >= 0.3 is 0 Å². The third-order valence-corrected chi connectivity index (χ3v) is 5.89. The zero-order chi connectivity index (χ0) is 21.5. The van der Waals surface area contributed by atoms with Crippen molar-refractivity contribution >= 4 is 17.5 Å². The van der Waals surface area contributed by atoms with Gasteiger partial charge in [-0.2, -0.15) is 0 Å². The molecule has 162 valence electrons. The molecule has 1 amide bonds. The van der Waals surface area contributed by atoms with Crippen LogP contribution in [-0.4, -0.2) is 62.1 Å². The fourth-order valence-electron chi connectivity index (χ4n) is 3.64. The molecule has 0 bridgehead atoms. The Labute approximate surface area is 185 Å². The number of ether oxygens (including phenoxy) is 1. The summed E-state index contributed by atoms with van der Waals surface area (Å²) in [6, 6.07) is 16.0. The zero-order valence-corrected chi connectivity index (χ0v) is 18.9.